The van der Waals surface area contributed by atoms with Crippen molar-refractivity contribution in [3.8, 4) is 11.8 Å². The second-order valence-corrected chi connectivity index (χ2v) is 5.02. The minimum atomic E-state index is -0.0478. The number of hydrazine groups is 1. The van der Waals surface area contributed by atoms with Gasteiger partial charge in [-0.15, -0.1) is 0 Å². The lowest BCUT2D eigenvalue weighted by molar-refractivity contribution is 0.0750. The molecule has 0 saturated carbocycles. The molecule has 0 aliphatic carbocycles. The van der Waals surface area contributed by atoms with E-state index in [1.807, 2.05) is 30.1 Å². The van der Waals surface area contributed by atoms with Crippen LogP contribution in [0, 0.1) is 18.8 Å². The standard InChI is InChI=1S/C16H21N3O/c1-13-12-15(8-7-14(13)6-5-9-17)16(20)18-19-10-3-2-4-11-19/h7-8,12H,2-4,9-11,17H2,1H3,(H,18,20). The van der Waals surface area contributed by atoms with Crippen LogP contribution >= 0.6 is 0 Å². The first-order valence-corrected chi connectivity index (χ1v) is 7.06. The summed E-state index contributed by atoms with van der Waals surface area (Å²) in [7, 11) is 0. The Morgan fingerprint density at radius 3 is 2.75 bits per heavy atom. The molecule has 0 radical (unpaired) electrons. The third kappa shape index (κ3) is 3.83. The topological polar surface area (TPSA) is 58.4 Å². The van der Waals surface area contributed by atoms with Gasteiger partial charge in [-0.2, -0.15) is 0 Å². The molecular weight excluding hydrogens is 250 g/mol. The number of aryl methyl sites for hydroxylation is 1. The van der Waals surface area contributed by atoms with Gasteiger partial charge in [0.2, 0.25) is 0 Å². The molecule has 1 heterocycles. The predicted molar refractivity (Wildman–Crippen MR) is 80.0 cm³/mol. The first kappa shape index (κ1) is 14.6. The highest BCUT2D eigenvalue weighted by molar-refractivity contribution is 5.94. The molecule has 20 heavy (non-hydrogen) atoms. The second-order valence-electron chi connectivity index (χ2n) is 5.02. The monoisotopic (exact) mass is 271 g/mol. The third-order valence-electron chi connectivity index (χ3n) is 3.43. The Morgan fingerprint density at radius 2 is 2.10 bits per heavy atom. The van der Waals surface area contributed by atoms with Crippen LogP contribution in [0.3, 0.4) is 0 Å². The largest absolute Gasteiger partial charge is 0.320 e. The molecular formula is C16H21N3O. The summed E-state index contributed by atoms with van der Waals surface area (Å²) >= 11 is 0. The Morgan fingerprint density at radius 1 is 1.35 bits per heavy atom. The summed E-state index contributed by atoms with van der Waals surface area (Å²) in [5, 5.41) is 2.00. The fraction of sp³-hybridized carbons (Fsp3) is 0.438. The molecule has 1 aromatic rings. The number of amides is 1. The zero-order valence-corrected chi connectivity index (χ0v) is 11.9. The molecule has 4 heteroatoms. The van der Waals surface area contributed by atoms with Gasteiger partial charge >= 0.3 is 0 Å². The Bertz CT molecular complexity index is 536. The predicted octanol–water partition coefficient (Wildman–Crippen LogP) is 1.44. The molecule has 1 aliphatic rings. The van der Waals surface area contributed by atoms with E-state index in [4.69, 9.17) is 5.73 Å². The number of carbonyl (C=O) groups excluding carboxylic acids is 1. The van der Waals surface area contributed by atoms with Crippen molar-refractivity contribution in [2.45, 2.75) is 26.2 Å². The van der Waals surface area contributed by atoms with E-state index < -0.39 is 0 Å². The van der Waals surface area contributed by atoms with E-state index in [0.29, 0.717) is 12.1 Å². The Hall–Kier alpha value is -1.83. The van der Waals surface area contributed by atoms with Gasteiger partial charge in [0.05, 0.1) is 6.54 Å². The highest BCUT2D eigenvalue weighted by Gasteiger charge is 2.14. The van der Waals surface area contributed by atoms with Crippen LogP contribution in [-0.4, -0.2) is 30.6 Å². The number of benzene rings is 1. The number of nitrogens with zero attached hydrogens (tertiary/aromatic N) is 1. The Kier molecular flexibility index (Phi) is 5.16. The van der Waals surface area contributed by atoms with Gasteiger partial charge in [0.15, 0.2) is 0 Å². The minimum Gasteiger partial charge on any atom is -0.320 e. The van der Waals surface area contributed by atoms with Crippen molar-refractivity contribution >= 4 is 5.91 Å². The van der Waals surface area contributed by atoms with Crippen LogP contribution in [0.15, 0.2) is 18.2 Å². The molecule has 3 N–H and O–H groups in total. The van der Waals surface area contributed by atoms with Crippen LogP contribution in [0.25, 0.3) is 0 Å². The molecule has 0 aromatic heterocycles. The highest BCUT2D eigenvalue weighted by atomic mass is 16.2. The maximum absolute atomic E-state index is 12.2. The van der Waals surface area contributed by atoms with Crippen molar-refractivity contribution in [1.82, 2.24) is 10.4 Å². The first-order valence-electron chi connectivity index (χ1n) is 7.06. The van der Waals surface area contributed by atoms with Gasteiger partial charge < -0.3 is 5.73 Å². The lowest BCUT2D eigenvalue weighted by atomic mass is 10.1. The van der Waals surface area contributed by atoms with Gasteiger partial charge in [-0.1, -0.05) is 18.3 Å². The van der Waals surface area contributed by atoms with E-state index in [1.165, 1.54) is 6.42 Å². The molecule has 0 spiro atoms. The maximum Gasteiger partial charge on any atom is 0.265 e. The number of hydrogen-bond donors (Lipinski definition) is 2. The smallest absolute Gasteiger partial charge is 0.265 e. The van der Waals surface area contributed by atoms with Gasteiger partial charge in [0.1, 0.15) is 0 Å². The molecule has 0 atom stereocenters. The van der Waals surface area contributed by atoms with E-state index >= 15 is 0 Å². The first-order chi connectivity index (χ1) is 9.70. The van der Waals surface area contributed by atoms with Gasteiger partial charge in [0, 0.05) is 24.2 Å². The number of nitrogens with two attached hydrogens (primary N) is 1. The molecule has 0 bridgehead atoms. The zero-order chi connectivity index (χ0) is 14.4. The second kappa shape index (κ2) is 7.09. The van der Waals surface area contributed by atoms with Crippen molar-refractivity contribution in [2.24, 2.45) is 5.73 Å². The average Bonchev–Trinajstić information content (AvgIpc) is 2.47. The summed E-state index contributed by atoms with van der Waals surface area (Å²) in [6, 6.07) is 5.57. The van der Waals surface area contributed by atoms with Crippen LogP contribution in [0.5, 0.6) is 0 Å². The van der Waals surface area contributed by atoms with E-state index in [2.05, 4.69) is 17.3 Å². The number of piperidine rings is 1. The molecule has 1 aliphatic heterocycles. The summed E-state index contributed by atoms with van der Waals surface area (Å²) in [6.45, 7) is 4.17. The van der Waals surface area contributed by atoms with E-state index in [9.17, 15) is 4.79 Å². The normalized spacial score (nSPS) is 15.3. The molecule has 1 saturated heterocycles. The van der Waals surface area contributed by atoms with Gasteiger partial charge in [-0.05, 0) is 43.5 Å². The Labute approximate surface area is 120 Å². The molecule has 106 valence electrons. The van der Waals surface area contributed by atoms with Gasteiger partial charge in [-0.25, -0.2) is 5.01 Å². The van der Waals surface area contributed by atoms with Crippen LogP contribution in [-0.2, 0) is 0 Å². The molecule has 1 amide bonds. The summed E-state index contributed by atoms with van der Waals surface area (Å²) in [5.41, 5.74) is 10.9. The fourth-order valence-electron chi connectivity index (χ4n) is 2.31. The third-order valence-corrected chi connectivity index (χ3v) is 3.43. The average molecular weight is 271 g/mol. The number of hydrogen-bond acceptors (Lipinski definition) is 3. The maximum atomic E-state index is 12.2. The van der Waals surface area contributed by atoms with E-state index in [1.54, 1.807) is 0 Å². The summed E-state index contributed by atoms with van der Waals surface area (Å²) < 4.78 is 0. The van der Waals surface area contributed by atoms with E-state index in [-0.39, 0.29) is 5.91 Å². The van der Waals surface area contributed by atoms with Crippen molar-refractivity contribution in [1.29, 1.82) is 0 Å². The lowest BCUT2D eigenvalue weighted by Crippen LogP contribution is -2.45. The lowest BCUT2D eigenvalue weighted by Gasteiger charge is -2.26. The molecule has 2 rings (SSSR count). The van der Waals surface area contributed by atoms with Crippen molar-refractivity contribution in [2.75, 3.05) is 19.6 Å². The number of nitrogens with one attached hydrogen (secondary N) is 1. The van der Waals surface area contributed by atoms with Crippen LogP contribution in [0.2, 0.25) is 0 Å². The number of rotatable bonds is 2. The van der Waals surface area contributed by atoms with Crippen molar-refractivity contribution in [3.05, 3.63) is 34.9 Å². The molecule has 1 fully saturated rings. The van der Waals surface area contributed by atoms with Crippen LogP contribution in [0.4, 0.5) is 0 Å². The SMILES string of the molecule is Cc1cc(C(=O)NN2CCCCC2)ccc1C#CCN. The van der Waals surface area contributed by atoms with Crippen molar-refractivity contribution in [3.63, 3.8) is 0 Å². The van der Waals surface area contributed by atoms with E-state index in [0.717, 1.165) is 37.1 Å². The Balaban J connectivity index is 2.04. The highest BCUT2D eigenvalue weighted by Crippen LogP contribution is 2.11. The zero-order valence-electron chi connectivity index (χ0n) is 11.9. The fourth-order valence-corrected chi connectivity index (χ4v) is 2.31. The molecule has 1 aromatic carbocycles. The summed E-state index contributed by atoms with van der Waals surface area (Å²) in [5.74, 6) is 5.78. The van der Waals surface area contributed by atoms with Crippen LogP contribution < -0.4 is 11.2 Å². The molecule has 0 unspecified atom stereocenters. The van der Waals surface area contributed by atoms with Crippen molar-refractivity contribution < 1.29 is 4.79 Å². The van der Waals surface area contributed by atoms with Gasteiger partial charge in [0.25, 0.3) is 5.91 Å². The summed E-state index contributed by atoms with van der Waals surface area (Å²) in [6.07, 6.45) is 3.54. The quantitative estimate of drug-likeness (QED) is 0.800. The van der Waals surface area contributed by atoms with Crippen LogP contribution in [0.1, 0.15) is 40.7 Å². The number of carbonyl (C=O) groups is 1. The summed E-state index contributed by atoms with van der Waals surface area (Å²) in [4.78, 5) is 12.2. The van der Waals surface area contributed by atoms with Gasteiger partial charge in [-0.3, -0.25) is 10.2 Å². The minimum absolute atomic E-state index is 0.0478. The molecule has 4 nitrogen and oxygen atoms in total.